The number of carbonyl (C=O) groups is 3. The van der Waals surface area contributed by atoms with Gasteiger partial charge in [0.05, 0.1) is 11.4 Å². The first-order valence-electron chi connectivity index (χ1n) is 14.8. The van der Waals surface area contributed by atoms with Crippen LogP contribution in [0.5, 0.6) is 0 Å². The summed E-state index contributed by atoms with van der Waals surface area (Å²) >= 11 is 0. The lowest BCUT2D eigenvalue weighted by molar-refractivity contribution is -0.127. The zero-order valence-electron chi connectivity index (χ0n) is 24.0. The van der Waals surface area contributed by atoms with Gasteiger partial charge in [0.1, 0.15) is 12.1 Å². The average Bonchev–Trinajstić information content (AvgIpc) is 3.59. The molecule has 42 heavy (non-hydrogen) atoms. The first-order valence-corrected chi connectivity index (χ1v) is 14.8. The molecule has 0 spiro atoms. The van der Waals surface area contributed by atoms with Crippen molar-refractivity contribution in [3.63, 3.8) is 0 Å². The number of oxazole rings is 1. The van der Waals surface area contributed by atoms with Crippen LogP contribution in [-0.4, -0.2) is 78.4 Å². The van der Waals surface area contributed by atoms with E-state index in [0.717, 1.165) is 69.1 Å². The fourth-order valence-corrected chi connectivity index (χ4v) is 5.63. The maximum Gasteiger partial charge on any atom is 0.277 e. The van der Waals surface area contributed by atoms with Crippen LogP contribution < -0.4 is 20.4 Å². The molecule has 0 bridgehead atoms. The molecule has 3 fully saturated rings. The second kappa shape index (κ2) is 12.2. The molecule has 3 aromatic rings. The molecule has 220 valence electrons. The van der Waals surface area contributed by atoms with Crippen LogP contribution in [0.3, 0.4) is 0 Å². The van der Waals surface area contributed by atoms with E-state index in [1.54, 1.807) is 12.1 Å². The molecule has 2 aliphatic heterocycles. The van der Waals surface area contributed by atoms with E-state index in [2.05, 4.69) is 43.4 Å². The van der Waals surface area contributed by atoms with Gasteiger partial charge in [-0.15, -0.1) is 0 Å². The summed E-state index contributed by atoms with van der Waals surface area (Å²) in [7, 11) is 0. The summed E-state index contributed by atoms with van der Waals surface area (Å²) in [6, 6.07) is 9.42. The Morgan fingerprint density at radius 1 is 1.05 bits per heavy atom. The van der Waals surface area contributed by atoms with Crippen molar-refractivity contribution < 1.29 is 18.8 Å². The quantitative estimate of drug-likeness (QED) is 0.354. The Morgan fingerprint density at radius 2 is 1.86 bits per heavy atom. The molecule has 1 saturated carbocycles. The van der Waals surface area contributed by atoms with Crippen LogP contribution >= 0.6 is 0 Å². The van der Waals surface area contributed by atoms with E-state index in [1.165, 1.54) is 6.26 Å². The van der Waals surface area contributed by atoms with E-state index in [9.17, 15) is 14.4 Å². The lowest BCUT2D eigenvalue weighted by Gasteiger charge is -2.38. The number of pyridine rings is 1. The number of amides is 3. The molecule has 3 amide bonds. The Labute approximate surface area is 245 Å². The maximum absolute atomic E-state index is 13.2. The largest absolute Gasteiger partial charge is 0.448 e. The number of hydrogen-bond acceptors (Lipinski definition) is 8. The van der Waals surface area contributed by atoms with E-state index in [0.29, 0.717) is 49.0 Å². The highest BCUT2D eigenvalue weighted by molar-refractivity contribution is 6.06. The van der Waals surface area contributed by atoms with Crippen molar-refractivity contribution in [1.29, 1.82) is 0 Å². The lowest BCUT2D eigenvalue weighted by atomic mass is 10.1. The van der Waals surface area contributed by atoms with E-state index in [1.807, 2.05) is 23.2 Å². The summed E-state index contributed by atoms with van der Waals surface area (Å²) in [6.07, 6.45) is 7.48. The Balaban J connectivity index is 1.15. The van der Waals surface area contributed by atoms with Crippen LogP contribution in [0, 0.1) is 6.92 Å². The minimum atomic E-state index is -0.373. The number of carbonyl (C=O) groups excluding carboxylic acids is 3. The first-order chi connectivity index (χ1) is 20.5. The number of aryl methyl sites for hydroxylation is 1. The zero-order chi connectivity index (χ0) is 29.1. The molecule has 2 N–H and O–H groups in total. The Bertz CT molecular complexity index is 1460. The predicted molar refractivity (Wildman–Crippen MR) is 159 cm³/mol. The minimum Gasteiger partial charge on any atom is -0.448 e. The molecule has 6 rings (SSSR count). The minimum absolute atomic E-state index is 0.185. The van der Waals surface area contributed by atoms with Gasteiger partial charge in [0.2, 0.25) is 5.91 Å². The summed E-state index contributed by atoms with van der Waals surface area (Å²) < 4.78 is 5.54. The lowest BCUT2D eigenvalue weighted by Crippen LogP contribution is -2.47. The van der Waals surface area contributed by atoms with Gasteiger partial charge < -0.3 is 29.8 Å². The SMILES string of the molecule is Cc1cccnc1N1CCN(c2ccc(C(=O)NCCCN3CCCC3=O)cc2NC(=O)c2coc(C3CC3)n2)CC1. The zero-order valence-corrected chi connectivity index (χ0v) is 24.0. The Kier molecular flexibility index (Phi) is 8.07. The van der Waals surface area contributed by atoms with Gasteiger partial charge in [0.15, 0.2) is 11.6 Å². The highest BCUT2D eigenvalue weighted by Gasteiger charge is 2.30. The van der Waals surface area contributed by atoms with Gasteiger partial charge in [-0.05, 0) is 62.4 Å². The number of hydrogen-bond donors (Lipinski definition) is 2. The molecular formula is C31H37N7O4. The van der Waals surface area contributed by atoms with E-state index in [4.69, 9.17) is 4.42 Å². The molecule has 11 nitrogen and oxygen atoms in total. The van der Waals surface area contributed by atoms with Crippen LogP contribution in [0.1, 0.15) is 70.3 Å². The van der Waals surface area contributed by atoms with Crippen molar-refractivity contribution in [3.8, 4) is 0 Å². The predicted octanol–water partition coefficient (Wildman–Crippen LogP) is 3.58. The highest BCUT2D eigenvalue weighted by Crippen LogP contribution is 2.39. The third kappa shape index (κ3) is 6.24. The smallest absolute Gasteiger partial charge is 0.277 e. The second-order valence-electron chi connectivity index (χ2n) is 11.2. The number of nitrogens with one attached hydrogen (secondary N) is 2. The first kappa shape index (κ1) is 27.7. The Hall–Kier alpha value is -4.41. The van der Waals surface area contributed by atoms with Gasteiger partial charge in [-0.1, -0.05) is 6.07 Å². The van der Waals surface area contributed by atoms with Crippen LogP contribution in [0.4, 0.5) is 17.2 Å². The van der Waals surface area contributed by atoms with E-state index >= 15 is 0 Å². The van der Waals surface area contributed by atoms with Crippen LogP contribution in [0.2, 0.25) is 0 Å². The summed E-state index contributed by atoms with van der Waals surface area (Å²) in [4.78, 5) is 53.4. The van der Waals surface area contributed by atoms with Crippen molar-refractivity contribution in [2.75, 3.05) is 60.9 Å². The highest BCUT2D eigenvalue weighted by atomic mass is 16.3. The van der Waals surface area contributed by atoms with Crippen LogP contribution in [-0.2, 0) is 4.79 Å². The molecule has 0 radical (unpaired) electrons. The second-order valence-corrected chi connectivity index (χ2v) is 11.2. The molecule has 2 saturated heterocycles. The molecule has 1 aliphatic carbocycles. The molecule has 11 heteroatoms. The number of aromatic nitrogens is 2. The van der Waals surface area contributed by atoms with Crippen LogP contribution in [0.15, 0.2) is 47.2 Å². The van der Waals surface area contributed by atoms with E-state index < -0.39 is 0 Å². The molecule has 0 atom stereocenters. The third-order valence-electron chi connectivity index (χ3n) is 8.15. The molecule has 3 aliphatic rings. The standard InChI is InChI=1S/C31H37N7O4/c1-21-5-2-11-32-28(21)38-17-15-36(16-18-38)26-10-9-23(29(40)33-12-4-14-37-13-3-6-27(37)39)19-24(26)34-30(41)25-20-42-31(35-25)22-7-8-22/h2,5,9-11,19-20,22H,3-4,6-8,12-18H2,1H3,(H,33,40)(H,34,41). The van der Waals surface area contributed by atoms with Gasteiger partial charge in [-0.3, -0.25) is 14.4 Å². The number of piperazine rings is 1. The number of rotatable bonds is 10. The number of nitrogens with zero attached hydrogens (tertiary/aromatic N) is 5. The van der Waals surface area contributed by atoms with Gasteiger partial charge in [0.25, 0.3) is 11.8 Å². The van der Waals surface area contributed by atoms with E-state index in [-0.39, 0.29) is 23.4 Å². The fourth-order valence-electron chi connectivity index (χ4n) is 5.63. The summed E-state index contributed by atoms with van der Waals surface area (Å²) in [6.45, 7) is 6.98. The Morgan fingerprint density at radius 3 is 2.60 bits per heavy atom. The molecule has 1 aromatic carbocycles. The fraction of sp³-hybridized carbons (Fsp3) is 0.452. The van der Waals surface area contributed by atoms with Crippen molar-refractivity contribution in [2.45, 2.75) is 44.9 Å². The average molecular weight is 572 g/mol. The summed E-state index contributed by atoms with van der Waals surface area (Å²) in [5, 5.41) is 5.96. The normalized spacial score (nSPS) is 17.1. The summed E-state index contributed by atoms with van der Waals surface area (Å²) in [5.74, 6) is 1.48. The van der Waals surface area contributed by atoms with Crippen molar-refractivity contribution >= 4 is 34.9 Å². The topological polar surface area (TPSA) is 124 Å². The number of benzene rings is 1. The van der Waals surface area contributed by atoms with Crippen molar-refractivity contribution in [2.24, 2.45) is 0 Å². The molecule has 2 aromatic heterocycles. The van der Waals surface area contributed by atoms with Crippen molar-refractivity contribution in [3.05, 3.63) is 65.5 Å². The van der Waals surface area contributed by atoms with Gasteiger partial charge in [-0.25, -0.2) is 9.97 Å². The molecular weight excluding hydrogens is 534 g/mol. The number of anilines is 3. The van der Waals surface area contributed by atoms with Crippen molar-refractivity contribution in [1.82, 2.24) is 20.2 Å². The number of likely N-dealkylation sites (tertiary alicyclic amines) is 1. The monoisotopic (exact) mass is 571 g/mol. The molecule has 0 unspecified atom stereocenters. The summed E-state index contributed by atoms with van der Waals surface area (Å²) in [5.41, 5.74) is 3.21. The van der Waals surface area contributed by atoms with Gasteiger partial charge >= 0.3 is 0 Å². The maximum atomic E-state index is 13.2. The molecule has 4 heterocycles. The third-order valence-corrected chi connectivity index (χ3v) is 8.15. The van der Waals surface area contributed by atoms with Crippen LogP contribution in [0.25, 0.3) is 0 Å². The van der Waals surface area contributed by atoms with Gasteiger partial charge in [0, 0.05) is 69.9 Å². The van der Waals surface area contributed by atoms with Gasteiger partial charge in [-0.2, -0.15) is 0 Å².